The van der Waals surface area contributed by atoms with Crippen LogP contribution < -0.4 is 11.0 Å². The summed E-state index contributed by atoms with van der Waals surface area (Å²) < 4.78 is 1.29. The molecule has 0 saturated heterocycles. The van der Waals surface area contributed by atoms with E-state index in [2.05, 4.69) is 20.6 Å². The first-order valence-corrected chi connectivity index (χ1v) is 10.7. The van der Waals surface area contributed by atoms with Crippen LogP contribution >= 0.6 is 0 Å². The molecule has 0 aliphatic heterocycles. The smallest absolute Gasteiger partial charge is 0.292 e. The average molecular weight is 435 g/mol. The Hall–Kier alpha value is -4.52. The minimum absolute atomic E-state index is 0.159. The summed E-state index contributed by atoms with van der Waals surface area (Å²) in [6.07, 6.45) is 1.64. The fourth-order valence-corrected chi connectivity index (χ4v) is 3.96. The number of H-pyrrole nitrogens is 1. The highest BCUT2D eigenvalue weighted by atomic mass is 16.2. The van der Waals surface area contributed by atoms with Crippen molar-refractivity contribution in [3.8, 4) is 11.3 Å². The molecule has 5 aromatic rings. The third-order valence-corrected chi connectivity index (χ3v) is 5.55. The number of aryl methyl sites for hydroxylation is 1. The summed E-state index contributed by atoms with van der Waals surface area (Å²) in [4.78, 5) is 29.0. The molecule has 2 aromatic heterocycles. The Morgan fingerprint density at radius 2 is 1.64 bits per heavy atom. The second-order valence-electron chi connectivity index (χ2n) is 7.54. The third-order valence-electron chi connectivity index (χ3n) is 5.55. The predicted octanol–water partition coefficient (Wildman–Crippen LogP) is 4.33. The van der Waals surface area contributed by atoms with Gasteiger partial charge in [-0.1, -0.05) is 66.7 Å². The molecular formula is C26H21N5O2. The summed E-state index contributed by atoms with van der Waals surface area (Å²) in [7, 11) is 0. The van der Waals surface area contributed by atoms with Crippen LogP contribution in [0.15, 0.2) is 88.8 Å². The number of nitrogens with one attached hydrogen (secondary N) is 2. The van der Waals surface area contributed by atoms with Gasteiger partial charge >= 0.3 is 0 Å². The van der Waals surface area contributed by atoms with Crippen LogP contribution in [0.2, 0.25) is 0 Å². The molecule has 0 aliphatic carbocycles. The first-order valence-electron chi connectivity index (χ1n) is 10.7. The second-order valence-corrected chi connectivity index (χ2v) is 7.54. The van der Waals surface area contributed by atoms with Crippen LogP contribution in [0.3, 0.4) is 0 Å². The number of hydrogen-bond acceptors (Lipinski definition) is 4. The number of aromatic amines is 1. The number of hydrogen-bond donors (Lipinski definition) is 2. The van der Waals surface area contributed by atoms with Crippen molar-refractivity contribution in [2.75, 3.05) is 0 Å². The van der Waals surface area contributed by atoms with Crippen molar-refractivity contribution in [3.63, 3.8) is 0 Å². The largest absolute Gasteiger partial charge is 0.354 e. The third kappa shape index (κ3) is 3.70. The van der Waals surface area contributed by atoms with Gasteiger partial charge in [-0.2, -0.15) is 10.2 Å². The van der Waals surface area contributed by atoms with E-state index in [9.17, 15) is 9.59 Å². The lowest BCUT2D eigenvalue weighted by Crippen LogP contribution is -2.28. The van der Waals surface area contributed by atoms with Crippen molar-refractivity contribution in [1.82, 2.24) is 20.2 Å². The van der Waals surface area contributed by atoms with Crippen molar-refractivity contribution >= 4 is 33.8 Å². The molecule has 7 nitrogen and oxygen atoms in total. The van der Waals surface area contributed by atoms with Gasteiger partial charge in [-0.25, -0.2) is 10.1 Å². The molecule has 0 aliphatic rings. The van der Waals surface area contributed by atoms with E-state index in [1.807, 2.05) is 61.5 Å². The number of amides is 1. The standard InChI is InChI=1S/C26H21N5O2/c1-2-31-26(33)20-14-7-6-13-19(20)24(30-31)25(32)29-27-16-21-18-12-8-9-15-22(18)28-23(21)17-10-4-3-5-11-17/h3-16,28H,2H2,1H3,(H,29,32)/b27-16+. The lowest BCUT2D eigenvalue weighted by atomic mass is 10.1. The fraction of sp³-hybridized carbons (Fsp3) is 0.0769. The lowest BCUT2D eigenvalue weighted by molar-refractivity contribution is 0.0949. The molecule has 33 heavy (non-hydrogen) atoms. The Bertz CT molecular complexity index is 1560. The molecule has 1 amide bonds. The number of fused-ring (bicyclic) bond motifs is 2. The minimum Gasteiger partial charge on any atom is -0.354 e. The number of carbonyl (C=O) groups excluding carboxylic acids is 1. The zero-order valence-corrected chi connectivity index (χ0v) is 17.9. The Morgan fingerprint density at radius 3 is 2.39 bits per heavy atom. The van der Waals surface area contributed by atoms with Crippen molar-refractivity contribution in [2.45, 2.75) is 13.5 Å². The highest BCUT2D eigenvalue weighted by Crippen LogP contribution is 2.28. The van der Waals surface area contributed by atoms with Crippen molar-refractivity contribution in [3.05, 3.63) is 100 Å². The monoisotopic (exact) mass is 435 g/mol. The summed E-state index contributed by atoms with van der Waals surface area (Å²) in [5, 5.41) is 10.4. The van der Waals surface area contributed by atoms with Crippen LogP contribution in [-0.4, -0.2) is 26.9 Å². The molecule has 162 valence electrons. The van der Waals surface area contributed by atoms with Crippen LogP contribution in [0.5, 0.6) is 0 Å². The Balaban J connectivity index is 1.52. The van der Waals surface area contributed by atoms with E-state index >= 15 is 0 Å². The summed E-state index contributed by atoms with van der Waals surface area (Å²) in [6, 6.07) is 24.9. The molecule has 0 atom stereocenters. The van der Waals surface area contributed by atoms with E-state index in [4.69, 9.17) is 0 Å². The van der Waals surface area contributed by atoms with Crippen molar-refractivity contribution in [1.29, 1.82) is 0 Å². The zero-order valence-electron chi connectivity index (χ0n) is 17.9. The summed E-state index contributed by atoms with van der Waals surface area (Å²) in [6.45, 7) is 2.17. The topological polar surface area (TPSA) is 92.1 Å². The average Bonchev–Trinajstić information content (AvgIpc) is 3.23. The van der Waals surface area contributed by atoms with Crippen LogP contribution in [0.1, 0.15) is 23.0 Å². The molecular weight excluding hydrogens is 414 g/mol. The van der Waals surface area contributed by atoms with Gasteiger partial charge in [0.15, 0.2) is 5.69 Å². The van der Waals surface area contributed by atoms with Gasteiger partial charge in [0.2, 0.25) is 0 Å². The highest BCUT2D eigenvalue weighted by Gasteiger charge is 2.16. The molecule has 0 fully saturated rings. The lowest BCUT2D eigenvalue weighted by Gasteiger charge is -2.08. The van der Waals surface area contributed by atoms with Gasteiger partial charge in [0.05, 0.1) is 17.3 Å². The molecule has 0 radical (unpaired) electrons. The van der Waals surface area contributed by atoms with Crippen LogP contribution in [0.25, 0.3) is 32.9 Å². The maximum Gasteiger partial charge on any atom is 0.292 e. The SMILES string of the molecule is CCn1nc(C(=O)N/N=C/c2c(-c3ccccc3)[nH]c3ccccc23)c2ccccc2c1=O. The number of aromatic nitrogens is 3. The molecule has 2 heterocycles. The molecule has 0 spiro atoms. The molecule has 5 rings (SSSR count). The maximum atomic E-state index is 13.0. The number of para-hydroxylation sites is 1. The molecule has 0 bridgehead atoms. The summed E-state index contributed by atoms with van der Waals surface area (Å²) in [5.41, 5.74) is 6.30. The van der Waals surface area contributed by atoms with Gasteiger partial charge in [-0.3, -0.25) is 9.59 Å². The van der Waals surface area contributed by atoms with Crippen LogP contribution in [-0.2, 0) is 6.54 Å². The Kier molecular flexibility index (Phi) is 5.28. The zero-order chi connectivity index (χ0) is 22.8. The second kappa shape index (κ2) is 8.55. The van der Waals surface area contributed by atoms with Gasteiger partial charge in [-0.05, 0) is 24.6 Å². The van der Waals surface area contributed by atoms with E-state index in [1.54, 1.807) is 30.5 Å². The first kappa shape index (κ1) is 20.4. The van der Waals surface area contributed by atoms with E-state index in [0.717, 1.165) is 27.7 Å². The molecule has 0 unspecified atom stereocenters. The minimum atomic E-state index is -0.481. The molecule has 7 heteroatoms. The van der Waals surface area contributed by atoms with Gasteiger partial charge in [0, 0.05) is 28.4 Å². The molecule has 2 N–H and O–H groups in total. The molecule has 3 aromatic carbocycles. The van der Waals surface area contributed by atoms with E-state index in [0.29, 0.717) is 17.3 Å². The number of rotatable bonds is 5. The van der Waals surface area contributed by atoms with E-state index in [-0.39, 0.29) is 11.3 Å². The number of nitrogens with zero attached hydrogens (tertiary/aromatic N) is 3. The van der Waals surface area contributed by atoms with Gasteiger partial charge < -0.3 is 4.98 Å². The van der Waals surface area contributed by atoms with E-state index < -0.39 is 5.91 Å². The van der Waals surface area contributed by atoms with Crippen molar-refractivity contribution in [2.24, 2.45) is 5.10 Å². The van der Waals surface area contributed by atoms with Gasteiger partial charge in [0.1, 0.15) is 0 Å². The normalized spacial score (nSPS) is 11.4. The Morgan fingerprint density at radius 1 is 0.970 bits per heavy atom. The number of benzene rings is 3. The van der Waals surface area contributed by atoms with Gasteiger partial charge in [0.25, 0.3) is 11.5 Å². The van der Waals surface area contributed by atoms with Gasteiger partial charge in [-0.15, -0.1) is 0 Å². The number of carbonyl (C=O) groups is 1. The quantitative estimate of drug-likeness (QED) is 0.318. The predicted molar refractivity (Wildman–Crippen MR) is 130 cm³/mol. The molecule has 0 saturated carbocycles. The van der Waals surface area contributed by atoms with Crippen LogP contribution in [0, 0.1) is 0 Å². The van der Waals surface area contributed by atoms with Crippen LogP contribution in [0.4, 0.5) is 0 Å². The Labute approximate surface area is 189 Å². The highest BCUT2D eigenvalue weighted by molar-refractivity contribution is 6.07. The van der Waals surface area contributed by atoms with Crippen molar-refractivity contribution < 1.29 is 4.79 Å². The first-order chi connectivity index (χ1) is 16.2. The number of hydrazone groups is 1. The maximum absolute atomic E-state index is 13.0. The summed E-state index contributed by atoms with van der Waals surface area (Å²) in [5.74, 6) is -0.481. The van der Waals surface area contributed by atoms with E-state index in [1.165, 1.54) is 4.68 Å². The fourth-order valence-electron chi connectivity index (χ4n) is 3.96. The summed E-state index contributed by atoms with van der Waals surface area (Å²) >= 11 is 0.